The van der Waals surface area contributed by atoms with Crippen LogP contribution in [0.25, 0.3) is 10.9 Å². The Labute approximate surface area is 219 Å². The molecule has 37 heavy (non-hydrogen) atoms. The van der Waals surface area contributed by atoms with Crippen LogP contribution in [0.4, 0.5) is 0 Å². The van der Waals surface area contributed by atoms with E-state index in [1.54, 1.807) is 30.2 Å². The lowest BCUT2D eigenvalue weighted by atomic mass is 9.92. The van der Waals surface area contributed by atoms with Crippen LogP contribution in [-0.4, -0.2) is 77.4 Å². The summed E-state index contributed by atoms with van der Waals surface area (Å²) in [5.41, 5.74) is 0.873. The van der Waals surface area contributed by atoms with Crippen LogP contribution < -0.4 is 15.4 Å². The molecule has 10 nitrogen and oxygen atoms in total. The molecule has 3 amide bonds. The van der Waals surface area contributed by atoms with E-state index in [0.717, 1.165) is 19.3 Å². The molecule has 3 fully saturated rings. The molecule has 2 aromatic rings. The number of ketones is 1. The molecule has 198 valence electrons. The van der Waals surface area contributed by atoms with E-state index in [-0.39, 0.29) is 30.1 Å². The summed E-state index contributed by atoms with van der Waals surface area (Å²) in [4.78, 5) is 56.7. The molecule has 3 aliphatic rings. The van der Waals surface area contributed by atoms with Crippen LogP contribution in [0.3, 0.4) is 0 Å². The summed E-state index contributed by atoms with van der Waals surface area (Å²) in [6, 6.07) is 3.34. The van der Waals surface area contributed by atoms with Crippen molar-refractivity contribution < 1.29 is 29.0 Å². The lowest BCUT2D eigenvalue weighted by Crippen LogP contribution is -2.53. The van der Waals surface area contributed by atoms with E-state index in [0.29, 0.717) is 46.9 Å². The van der Waals surface area contributed by atoms with Crippen molar-refractivity contribution in [2.45, 2.75) is 44.2 Å². The van der Waals surface area contributed by atoms with E-state index in [2.05, 4.69) is 15.6 Å². The number of carbonyl (C=O) groups is 4. The molecule has 4 N–H and O–H groups in total. The van der Waals surface area contributed by atoms with Crippen LogP contribution >= 0.6 is 11.6 Å². The number of rotatable bonds is 8. The Bertz CT molecular complexity index is 1250. The number of H-pyrrole nitrogens is 1. The number of hydrogen-bond acceptors (Lipinski definition) is 6. The van der Waals surface area contributed by atoms with Gasteiger partial charge in [0.1, 0.15) is 24.1 Å². The maximum atomic E-state index is 13.7. The number of fused-ring (bicyclic) bond motifs is 2. The Balaban J connectivity index is 1.41. The molecule has 3 heterocycles. The first-order chi connectivity index (χ1) is 17.8. The van der Waals surface area contributed by atoms with Gasteiger partial charge in [0.05, 0.1) is 23.7 Å². The molecular weight excluding hydrogens is 500 g/mol. The Morgan fingerprint density at radius 3 is 2.78 bits per heavy atom. The average molecular weight is 531 g/mol. The number of aliphatic hydroxyl groups excluding tert-OH is 1. The molecule has 0 spiro atoms. The average Bonchev–Trinajstić information content (AvgIpc) is 3.67. The van der Waals surface area contributed by atoms with E-state index in [4.69, 9.17) is 16.3 Å². The van der Waals surface area contributed by atoms with Gasteiger partial charge in [-0.05, 0) is 55.7 Å². The third-order valence-electron chi connectivity index (χ3n) is 8.12. The number of aromatic nitrogens is 1. The number of likely N-dealkylation sites (tertiary alicyclic amines) is 1. The quantitative estimate of drug-likeness (QED) is 0.409. The molecule has 5 rings (SSSR count). The number of carbonyl (C=O) groups excluding carboxylic acids is 4. The molecule has 1 saturated carbocycles. The number of nitrogens with one attached hydrogen (secondary N) is 3. The fraction of sp³-hybridized carbons (Fsp3) is 0.538. The van der Waals surface area contributed by atoms with Crippen molar-refractivity contribution in [3.8, 4) is 5.75 Å². The zero-order valence-electron chi connectivity index (χ0n) is 20.6. The number of amides is 3. The maximum Gasteiger partial charge on any atom is 0.271 e. The minimum Gasteiger partial charge on any atom is -0.496 e. The Hall–Kier alpha value is -3.11. The summed E-state index contributed by atoms with van der Waals surface area (Å²) in [6.07, 6.45) is 3.39. The van der Waals surface area contributed by atoms with Crippen molar-refractivity contribution in [1.29, 1.82) is 0 Å². The topological polar surface area (TPSA) is 141 Å². The van der Waals surface area contributed by atoms with Gasteiger partial charge in [-0.15, -0.1) is 0 Å². The Morgan fingerprint density at radius 1 is 1.27 bits per heavy atom. The van der Waals surface area contributed by atoms with E-state index < -0.39 is 36.3 Å². The number of methoxy groups -OCH3 is 1. The molecule has 1 unspecified atom stereocenters. The van der Waals surface area contributed by atoms with Gasteiger partial charge in [0.25, 0.3) is 5.91 Å². The fourth-order valence-corrected chi connectivity index (χ4v) is 6.46. The second-order valence-electron chi connectivity index (χ2n) is 10.2. The van der Waals surface area contributed by atoms with E-state index in [1.807, 2.05) is 0 Å². The zero-order chi connectivity index (χ0) is 26.3. The van der Waals surface area contributed by atoms with E-state index in [9.17, 15) is 24.3 Å². The van der Waals surface area contributed by atoms with Gasteiger partial charge in [-0.3, -0.25) is 19.2 Å². The normalized spacial score (nSPS) is 25.7. The van der Waals surface area contributed by atoms with Crippen molar-refractivity contribution >= 4 is 46.0 Å². The standard InChI is InChI=1S/C26H31ClN4O6/c1-37-21-6-5-17(27)22-16(21)10-19(29-22)26(36)31-11-14-3-2-4-15(14)23(31)25(35)30-18(20(33)12-32)9-13-7-8-28-24(13)34/h5-6,10,13-15,18,23,29,32H,2-4,7-9,11-12H2,1H3,(H,28,34)(H,30,35)/t13-,14-,15-,18?,23-/m0/s1. The third kappa shape index (κ3) is 4.68. The van der Waals surface area contributed by atoms with Gasteiger partial charge >= 0.3 is 0 Å². The monoisotopic (exact) mass is 530 g/mol. The van der Waals surface area contributed by atoms with Crippen LogP contribution in [0.5, 0.6) is 5.75 Å². The molecule has 11 heteroatoms. The van der Waals surface area contributed by atoms with Crippen molar-refractivity contribution in [3.63, 3.8) is 0 Å². The third-order valence-corrected chi connectivity index (χ3v) is 8.43. The highest BCUT2D eigenvalue weighted by Crippen LogP contribution is 2.43. The maximum absolute atomic E-state index is 13.7. The van der Waals surface area contributed by atoms with Gasteiger partial charge in [-0.2, -0.15) is 0 Å². The van der Waals surface area contributed by atoms with Crippen LogP contribution in [-0.2, 0) is 14.4 Å². The van der Waals surface area contributed by atoms with Gasteiger partial charge < -0.3 is 30.4 Å². The van der Waals surface area contributed by atoms with Crippen LogP contribution in [0.15, 0.2) is 18.2 Å². The van der Waals surface area contributed by atoms with Crippen LogP contribution in [0, 0.1) is 17.8 Å². The van der Waals surface area contributed by atoms with Crippen LogP contribution in [0.1, 0.15) is 42.6 Å². The predicted molar refractivity (Wildman–Crippen MR) is 135 cm³/mol. The summed E-state index contributed by atoms with van der Waals surface area (Å²) >= 11 is 6.34. The molecule has 0 radical (unpaired) electrons. The number of nitrogens with zero attached hydrogens (tertiary/aromatic N) is 1. The van der Waals surface area contributed by atoms with Crippen molar-refractivity contribution in [2.24, 2.45) is 17.8 Å². The van der Waals surface area contributed by atoms with Crippen molar-refractivity contribution in [2.75, 3.05) is 26.8 Å². The number of Topliss-reactive ketones (excluding diaryl/α,β-unsaturated/α-hetero) is 1. The lowest BCUT2D eigenvalue weighted by Gasteiger charge is -2.29. The predicted octanol–water partition coefficient (Wildman–Crippen LogP) is 1.64. The van der Waals surface area contributed by atoms with E-state index >= 15 is 0 Å². The first kappa shape index (κ1) is 25.5. The van der Waals surface area contributed by atoms with Crippen LogP contribution in [0.2, 0.25) is 5.02 Å². The first-order valence-electron chi connectivity index (χ1n) is 12.7. The molecule has 0 bridgehead atoms. The molecular formula is C26H31ClN4O6. The van der Waals surface area contributed by atoms with Crippen molar-refractivity contribution in [1.82, 2.24) is 20.5 Å². The van der Waals surface area contributed by atoms with Crippen molar-refractivity contribution in [3.05, 3.63) is 28.9 Å². The smallest absolute Gasteiger partial charge is 0.271 e. The molecule has 5 atom stereocenters. The zero-order valence-corrected chi connectivity index (χ0v) is 21.3. The number of hydrogen-bond donors (Lipinski definition) is 4. The molecule has 2 aliphatic heterocycles. The number of ether oxygens (including phenoxy) is 1. The first-order valence-corrected chi connectivity index (χ1v) is 13.1. The number of benzene rings is 1. The van der Waals surface area contributed by atoms with Gasteiger partial charge in [0.15, 0.2) is 5.78 Å². The minimum atomic E-state index is -1.00. The molecule has 1 aromatic carbocycles. The van der Waals surface area contributed by atoms with E-state index in [1.165, 1.54) is 0 Å². The molecule has 2 saturated heterocycles. The number of aromatic amines is 1. The summed E-state index contributed by atoms with van der Waals surface area (Å²) in [6.45, 7) is 0.215. The number of halogens is 1. The fourth-order valence-electron chi connectivity index (χ4n) is 6.25. The number of aliphatic hydroxyl groups is 1. The highest BCUT2D eigenvalue weighted by molar-refractivity contribution is 6.35. The highest BCUT2D eigenvalue weighted by atomic mass is 35.5. The minimum absolute atomic E-state index is 0.0221. The molecule has 1 aromatic heterocycles. The Kier molecular flexibility index (Phi) is 7.13. The van der Waals surface area contributed by atoms with Gasteiger partial charge in [0.2, 0.25) is 11.8 Å². The summed E-state index contributed by atoms with van der Waals surface area (Å²) in [5, 5.41) is 16.1. The second kappa shape index (κ2) is 10.3. The Morgan fingerprint density at radius 2 is 2.08 bits per heavy atom. The lowest BCUT2D eigenvalue weighted by molar-refractivity contribution is -0.133. The highest BCUT2D eigenvalue weighted by Gasteiger charge is 2.50. The summed E-state index contributed by atoms with van der Waals surface area (Å²) in [5.74, 6) is -1.14. The van der Waals surface area contributed by atoms with Gasteiger partial charge in [-0.1, -0.05) is 18.0 Å². The van der Waals surface area contributed by atoms with Gasteiger partial charge in [0, 0.05) is 24.4 Å². The molecule has 1 aliphatic carbocycles. The SMILES string of the molecule is COc1ccc(Cl)c2[nH]c(C(=O)N3C[C@@H]4CCC[C@@H]4[C@H]3C(=O)NC(C[C@@H]3CCNC3=O)C(=O)CO)cc12. The summed E-state index contributed by atoms with van der Waals surface area (Å²) < 4.78 is 5.41. The second-order valence-corrected chi connectivity index (χ2v) is 10.6. The van der Waals surface area contributed by atoms with Gasteiger partial charge in [-0.25, -0.2) is 0 Å². The largest absolute Gasteiger partial charge is 0.496 e. The summed E-state index contributed by atoms with van der Waals surface area (Å²) in [7, 11) is 1.54.